The van der Waals surface area contributed by atoms with Crippen LogP contribution < -0.4 is 0 Å². The molecule has 1 rings (SSSR count). The predicted octanol–water partition coefficient (Wildman–Crippen LogP) is 3.49. The normalized spacial score (nSPS) is 10.2. The van der Waals surface area contributed by atoms with Gasteiger partial charge in [0.1, 0.15) is 0 Å². The number of halogens is 2. The maximum Gasteiger partial charge on any atom is 0.173 e. The van der Waals surface area contributed by atoms with E-state index < -0.39 is 0 Å². The van der Waals surface area contributed by atoms with E-state index in [0.717, 1.165) is 20.3 Å². The maximum atomic E-state index is 11.5. The van der Waals surface area contributed by atoms with Gasteiger partial charge in [-0.25, -0.2) is 0 Å². The van der Waals surface area contributed by atoms with E-state index in [1.165, 1.54) is 0 Å². The second-order valence-electron chi connectivity index (χ2n) is 2.98. The minimum Gasteiger partial charge on any atom is -0.293 e. The fourth-order valence-corrected chi connectivity index (χ4v) is 2.26. The van der Waals surface area contributed by atoms with Crippen molar-refractivity contribution in [3.05, 3.63) is 32.4 Å². The smallest absolute Gasteiger partial charge is 0.173 e. The van der Waals surface area contributed by atoms with Crippen molar-refractivity contribution in [3.8, 4) is 0 Å². The zero-order valence-corrected chi connectivity index (χ0v) is 11.3. The van der Waals surface area contributed by atoms with Crippen molar-refractivity contribution in [2.24, 2.45) is 0 Å². The molecular weight excluding hydrogens is 343 g/mol. The highest BCUT2D eigenvalue weighted by Gasteiger charge is 2.10. The Balaban J connectivity index is 3.28. The zero-order valence-electron chi connectivity index (χ0n) is 7.53. The van der Waals surface area contributed by atoms with Gasteiger partial charge in [-0.3, -0.25) is 4.79 Å². The number of carbonyl (C=O) groups excluding carboxylic acids is 1. The third-order valence-corrected chi connectivity index (χ3v) is 3.54. The Morgan fingerprint density at radius 2 is 2.08 bits per heavy atom. The van der Waals surface area contributed by atoms with Crippen molar-refractivity contribution < 1.29 is 4.79 Å². The quantitative estimate of drug-likeness (QED) is 0.452. The van der Waals surface area contributed by atoms with Gasteiger partial charge >= 0.3 is 0 Å². The average Bonchev–Trinajstić information content (AvgIpc) is 2.10. The van der Waals surface area contributed by atoms with Gasteiger partial charge in [0.2, 0.25) is 0 Å². The molecule has 0 fully saturated rings. The topological polar surface area (TPSA) is 17.1 Å². The zero-order chi connectivity index (χ0) is 10.0. The molecule has 0 unspecified atom stereocenters. The molecule has 3 heteroatoms. The summed E-state index contributed by atoms with van der Waals surface area (Å²) in [4.78, 5) is 11.5. The van der Waals surface area contributed by atoms with E-state index in [1.807, 2.05) is 19.9 Å². The lowest BCUT2D eigenvalue weighted by atomic mass is 10.0. The van der Waals surface area contributed by atoms with Crippen molar-refractivity contribution in [3.63, 3.8) is 0 Å². The molecule has 70 valence electrons. The summed E-state index contributed by atoms with van der Waals surface area (Å²) in [6.07, 6.45) is 0. The van der Waals surface area contributed by atoms with Crippen LogP contribution in [0.15, 0.2) is 12.1 Å². The van der Waals surface area contributed by atoms with Gasteiger partial charge in [-0.2, -0.15) is 0 Å². The Kier molecular flexibility index (Phi) is 3.91. The molecule has 0 N–H and O–H groups in total. The number of benzene rings is 1. The predicted molar refractivity (Wildman–Crippen MR) is 66.8 cm³/mol. The Morgan fingerprint density at radius 3 is 2.62 bits per heavy atom. The molecule has 1 aromatic carbocycles. The largest absolute Gasteiger partial charge is 0.293 e. The number of hydrogen-bond donors (Lipinski definition) is 0. The third-order valence-electron chi connectivity index (χ3n) is 1.91. The van der Waals surface area contributed by atoms with E-state index in [-0.39, 0.29) is 5.78 Å². The van der Waals surface area contributed by atoms with Crippen molar-refractivity contribution >= 4 is 44.3 Å². The molecule has 0 aliphatic rings. The molecule has 0 heterocycles. The van der Waals surface area contributed by atoms with Crippen LogP contribution in [0.1, 0.15) is 21.5 Å². The van der Waals surface area contributed by atoms with E-state index in [9.17, 15) is 4.79 Å². The minimum atomic E-state index is 0.152. The Bertz CT molecular complexity index is 347. The minimum absolute atomic E-state index is 0.152. The van der Waals surface area contributed by atoms with Gasteiger partial charge in [-0.05, 0) is 59.7 Å². The van der Waals surface area contributed by atoms with Crippen LogP contribution in [-0.4, -0.2) is 11.1 Å². The first kappa shape index (κ1) is 11.2. The average molecular weight is 353 g/mol. The molecule has 0 saturated carbocycles. The van der Waals surface area contributed by atoms with Crippen molar-refractivity contribution in [2.45, 2.75) is 13.8 Å². The molecule has 0 bridgehead atoms. The first-order chi connectivity index (χ1) is 6.06. The van der Waals surface area contributed by atoms with E-state index >= 15 is 0 Å². The van der Waals surface area contributed by atoms with Crippen LogP contribution in [0.2, 0.25) is 0 Å². The lowest BCUT2D eigenvalue weighted by Gasteiger charge is -2.06. The van der Waals surface area contributed by atoms with Gasteiger partial charge in [-0.1, -0.05) is 15.9 Å². The number of ketones is 1. The van der Waals surface area contributed by atoms with Gasteiger partial charge < -0.3 is 0 Å². The summed E-state index contributed by atoms with van der Waals surface area (Å²) in [6.45, 7) is 3.99. The summed E-state index contributed by atoms with van der Waals surface area (Å²) in [5.41, 5.74) is 3.05. The van der Waals surface area contributed by atoms with Crippen molar-refractivity contribution in [1.29, 1.82) is 0 Å². The van der Waals surface area contributed by atoms with Gasteiger partial charge in [-0.15, -0.1) is 0 Å². The molecule has 0 aliphatic heterocycles. The monoisotopic (exact) mass is 352 g/mol. The summed E-state index contributed by atoms with van der Waals surface area (Å²) in [7, 11) is 0. The number of alkyl halides is 1. The van der Waals surface area contributed by atoms with Gasteiger partial charge in [0, 0.05) is 9.13 Å². The van der Waals surface area contributed by atoms with Crippen LogP contribution in [-0.2, 0) is 0 Å². The van der Waals surface area contributed by atoms with E-state index in [2.05, 4.69) is 44.6 Å². The van der Waals surface area contributed by atoms with Gasteiger partial charge in [0.05, 0.1) is 5.33 Å². The Hall–Kier alpha value is 0.1000. The fourth-order valence-electron chi connectivity index (χ4n) is 1.18. The number of hydrogen-bond acceptors (Lipinski definition) is 1. The van der Waals surface area contributed by atoms with Crippen LogP contribution >= 0.6 is 38.5 Å². The highest BCUT2D eigenvalue weighted by Crippen LogP contribution is 2.19. The molecule has 0 radical (unpaired) electrons. The second kappa shape index (κ2) is 4.55. The van der Waals surface area contributed by atoms with Gasteiger partial charge in [0.15, 0.2) is 5.78 Å². The molecule has 0 saturated heterocycles. The van der Waals surface area contributed by atoms with Gasteiger partial charge in [0.25, 0.3) is 0 Å². The fraction of sp³-hybridized carbons (Fsp3) is 0.300. The third kappa shape index (κ3) is 2.53. The molecule has 1 nitrogen and oxygen atoms in total. The maximum absolute atomic E-state index is 11.5. The summed E-state index contributed by atoms with van der Waals surface area (Å²) in [5, 5.41) is 0.396. The molecule has 0 amide bonds. The highest BCUT2D eigenvalue weighted by atomic mass is 127. The molecule has 13 heavy (non-hydrogen) atoms. The number of carbonyl (C=O) groups is 1. The molecule has 0 atom stereocenters. The first-order valence-corrected chi connectivity index (χ1v) is 6.12. The Morgan fingerprint density at radius 1 is 1.46 bits per heavy atom. The van der Waals surface area contributed by atoms with Crippen LogP contribution in [0.4, 0.5) is 0 Å². The molecular formula is C10H10BrIO. The van der Waals surface area contributed by atoms with Crippen LogP contribution in [0.5, 0.6) is 0 Å². The molecule has 1 aromatic rings. The summed E-state index contributed by atoms with van der Waals surface area (Å²) in [6, 6.07) is 4.03. The standard InChI is InChI=1S/C10H10BrIO/c1-6-3-8(10(13)5-11)7(2)9(12)4-6/h3-4H,5H2,1-2H3. The molecule has 0 aromatic heterocycles. The summed E-state index contributed by atoms with van der Waals surface area (Å²) >= 11 is 5.44. The van der Waals surface area contributed by atoms with Crippen LogP contribution in [0.25, 0.3) is 0 Å². The van der Waals surface area contributed by atoms with Crippen LogP contribution in [0.3, 0.4) is 0 Å². The second-order valence-corrected chi connectivity index (χ2v) is 4.70. The summed E-state index contributed by atoms with van der Waals surface area (Å²) < 4.78 is 1.15. The SMILES string of the molecule is Cc1cc(I)c(C)c(C(=O)CBr)c1. The number of Topliss-reactive ketones (excluding diaryl/α,β-unsaturated/α-hetero) is 1. The first-order valence-electron chi connectivity index (χ1n) is 3.92. The van der Waals surface area contributed by atoms with Crippen molar-refractivity contribution in [1.82, 2.24) is 0 Å². The van der Waals surface area contributed by atoms with Crippen molar-refractivity contribution in [2.75, 3.05) is 5.33 Å². The highest BCUT2D eigenvalue weighted by molar-refractivity contribution is 14.1. The van der Waals surface area contributed by atoms with E-state index in [1.54, 1.807) is 0 Å². The van der Waals surface area contributed by atoms with E-state index in [4.69, 9.17) is 0 Å². The summed E-state index contributed by atoms with van der Waals surface area (Å²) in [5.74, 6) is 0.152. The Labute approximate surface area is 100 Å². The molecule has 0 spiro atoms. The van der Waals surface area contributed by atoms with E-state index in [0.29, 0.717) is 5.33 Å². The number of rotatable bonds is 2. The molecule has 0 aliphatic carbocycles. The van der Waals surface area contributed by atoms with Crippen LogP contribution in [0, 0.1) is 17.4 Å². The lowest BCUT2D eigenvalue weighted by molar-refractivity contribution is 0.102. The lowest BCUT2D eigenvalue weighted by Crippen LogP contribution is -2.04. The number of aryl methyl sites for hydroxylation is 1.